The number of hydrogen-bond acceptors (Lipinski definition) is 4. The molecule has 0 unspecified atom stereocenters. The summed E-state index contributed by atoms with van der Waals surface area (Å²) in [5, 5.41) is 3.65. The third-order valence-electron chi connectivity index (χ3n) is 4.14. The number of rotatable bonds is 7. The largest absolute Gasteiger partial charge is 0.302 e. The Balaban J connectivity index is 1.44. The van der Waals surface area contributed by atoms with Gasteiger partial charge in [0, 0.05) is 12.2 Å². The average Bonchev–Trinajstić information content (AvgIpc) is 3.02. The van der Waals surface area contributed by atoms with E-state index in [9.17, 15) is 4.79 Å². The fraction of sp³-hybridized carbons (Fsp3) is 0.300. The van der Waals surface area contributed by atoms with Gasteiger partial charge in [0.2, 0.25) is 5.91 Å². The monoisotopic (exact) mass is 370 g/mol. The fourth-order valence-corrected chi connectivity index (χ4v) is 4.42. The van der Waals surface area contributed by atoms with E-state index in [2.05, 4.69) is 60.5 Å². The van der Waals surface area contributed by atoms with E-state index < -0.39 is 0 Å². The summed E-state index contributed by atoms with van der Waals surface area (Å²) in [6, 6.07) is 14.6. The van der Waals surface area contributed by atoms with E-state index in [-0.39, 0.29) is 5.91 Å². The molecule has 1 amide bonds. The quantitative estimate of drug-likeness (QED) is 0.553. The summed E-state index contributed by atoms with van der Waals surface area (Å²) in [7, 11) is 0. The van der Waals surface area contributed by atoms with Crippen LogP contribution in [-0.4, -0.2) is 16.6 Å². The van der Waals surface area contributed by atoms with Crippen molar-refractivity contribution in [2.24, 2.45) is 0 Å². The van der Waals surface area contributed by atoms with Gasteiger partial charge in [-0.25, -0.2) is 4.98 Å². The highest BCUT2D eigenvalue weighted by molar-refractivity contribution is 7.98. The van der Waals surface area contributed by atoms with Crippen molar-refractivity contribution in [2.75, 3.05) is 11.1 Å². The maximum Gasteiger partial charge on any atom is 0.226 e. The first kappa shape index (κ1) is 18.0. The molecule has 1 N–H and O–H groups in total. The van der Waals surface area contributed by atoms with Gasteiger partial charge in [-0.05, 0) is 48.8 Å². The molecule has 0 bridgehead atoms. The summed E-state index contributed by atoms with van der Waals surface area (Å²) in [6.07, 6.45) is 1.42. The van der Waals surface area contributed by atoms with Crippen molar-refractivity contribution in [3.8, 4) is 0 Å². The standard InChI is InChI=1S/C20H22N2OS2/c1-14-10-11-17-19(15(14)2)22-20(25-17)21-18(23)9-6-12-24-13-16-7-4-3-5-8-16/h3-5,7-8,10-11H,6,9,12-13H2,1-2H3,(H,21,22,23). The topological polar surface area (TPSA) is 42.0 Å². The highest BCUT2D eigenvalue weighted by atomic mass is 32.2. The Bertz CT molecular complexity index is 859. The smallest absolute Gasteiger partial charge is 0.226 e. The zero-order valence-corrected chi connectivity index (χ0v) is 16.2. The van der Waals surface area contributed by atoms with Crippen LogP contribution in [0, 0.1) is 13.8 Å². The Morgan fingerprint density at radius 2 is 1.96 bits per heavy atom. The number of fused-ring (bicyclic) bond motifs is 1. The summed E-state index contributed by atoms with van der Waals surface area (Å²) in [5.74, 6) is 2.04. The summed E-state index contributed by atoms with van der Waals surface area (Å²) >= 11 is 3.41. The minimum atomic E-state index is 0.0498. The van der Waals surface area contributed by atoms with Crippen LogP contribution in [-0.2, 0) is 10.5 Å². The van der Waals surface area contributed by atoms with Crippen LogP contribution in [0.15, 0.2) is 42.5 Å². The number of benzene rings is 2. The lowest BCUT2D eigenvalue weighted by atomic mass is 10.1. The number of amides is 1. The number of carbonyl (C=O) groups is 1. The molecule has 0 radical (unpaired) electrons. The Morgan fingerprint density at radius 3 is 2.76 bits per heavy atom. The number of nitrogens with zero attached hydrogens (tertiary/aromatic N) is 1. The Morgan fingerprint density at radius 1 is 1.16 bits per heavy atom. The molecule has 3 aromatic rings. The molecule has 5 heteroatoms. The molecule has 0 aliphatic heterocycles. The van der Waals surface area contributed by atoms with Crippen molar-refractivity contribution < 1.29 is 4.79 Å². The van der Waals surface area contributed by atoms with E-state index in [1.807, 2.05) is 17.8 Å². The molecule has 2 aromatic carbocycles. The predicted molar refractivity (Wildman–Crippen MR) is 110 cm³/mol. The molecule has 0 spiro atoms. The molecule has 1 heterocycles. The maximum absolute atomic E-state index is 12.1. The van der Waals surface area contributed by atoms with Crippen LogP contribution in [0.1, 0.15) is 29.5 Å². The molecule has 0 aliphatic carbocycles. The molecule has 3 nitrogen and oxygen atoms in total. The molecule has 0 atom stereocenters. The van der Waals surface area contributed by atoms with E-state index >= 15 is 0 Å². The second-order valence-electron chi connectivity index (χ2n) is 6.06. The van der Waals surface area contributed by atoms with Crippen LogP contribution in [0.5, 0.6) is 0 Å². The van der Waals surface area contributed by atoms with Crippen molar-refractivity contribution in [3.05, 3.63) is 59.2 Å². The van der Waals surface area contributed by atoms with Crippen molar-refractivity contribution in [2.45, 2.75) is 32.4 Å². The van der Waals surface area contributed by atoms with E-state index in [1.165, 1.54) is 16.7 Å². The normalized spacial score (nSPS) is 11.0. The Hall–Kier alpha value is -1.85. The average molecular weight is 371 g/mol. The zero-order valence-electron chi connectivity index (χ0n) is 14.5. The lowest BCUT2D eigenvalue weighted by molar-refractivity contribution is -0.116. The van der Waals surface area contributed by atoms with E-state index in [0.717, 1.165) is 28.1 Å². The summed E-state index contributed by atoms with van der Waals surface area (Å²) in [6.45, 7) is 4.16. The number of aryl methyl sites for hydroxylation is 2. The number of carbonyl (C=O) groups excluding carboxylic acids is 1. The molecule has 25 heavy (non-hydrogen) atoms. The van der Waals surface area contributed by atoms with Gasteiger partial charge in [-0.15, -0.1) is 0 Å². The molecule has 1 aromatic heterocycles. The van der Waals surface area contributed by atoms with Gasteiger partial charge in [0.1, 0.15) is 0 Å². The van der Waals surface area contributed by atoms with Gasteiger partial charge in [-0.3, -0.25) is 4.79 Å². The third-order valence-corrected chi connectivity index (χ3v) is 6.19. The van der Waals surface area contributed by atoms with Gasteiger partial charge < -0.3 is 5.32 Å². The maximum atomic E-state index is 12.1. The number of hydrogen-bond donors (Lipinski definition) is 1. The second-order valence-corrected chi connectivity index (χ2v) is 8.20. The Labute approximate surface area is 156 Å². The predicted octanol–water partition coefficient (Wildman–Crippen LogP) is 5.57. The molecule has 0 aliphatic rings. The SMILES string of the molecule is Cc1ccc2sc(NC(=O)CCCSCc3ccccc3)nc2c1C. The van der Waals surface area contributed by atoms with Crippen LogP contribution in [0.3, 0.4) is 0 Å². The van der Waals surface area contributed by atoms with Gasteiger partial charge in [0.05, 0.1) is 10.2 Å². The number of aromatic nitrogens is 1. The molecular weight excluding hydrogens is 348 g/mol. The fourth-order valence-electron chi connectivity index (χ4n) is 2.56. The highest BCUT2D eigenvalue weighted by Gasteiger charge is 2.10. The van der Waals surface area contributed by atoms with Gasteiger partial charge >= 0.3 is 0 Å². The van der Waals surface area contributed by atoms with Crippen molar-refractivity contribution >= 4 is 44.4 Å². The van der Waals surface area contributed by atoms with Crippen LogP contribution in [0.25, 0.3) is 10.2 Å². The van der Waals surface area contributed by atoms with Crippen molar-refractivity contribution in [1.82, 2.24) is 4.98 Å². The molecule has 0 saturated carbocycles. The summed E-state index contributed by atoms with van der Waals surface area (Å²) in [5.41, 5.74) is 4.74. The molecule has 3 rings (SSSR count). The van der Waals surface area contributed by atoms with Gasteiger partial charge in [0.25, 0.3) is 0 Å². The zero-order chi connectivity index (χ0) is 17.6. The molecule has 0 saturated heterocycles. The van der Waals surface area contributed by atoms with Crippen LogP contribution >= 0.6 is 23.1 Å². The lowest BCUT2D eigenvalue weighted by Gasteiger charge is -2.03. The van der Waals surface area contributed by atoms with Crippen molar-refractivity contribution in [1.29, 1.82) is 0 Å². The van der Waals surface area contributed by atoms with Gasteiger partial charge in [-0.1, -0.05) is 47.7 Å². The number of thioether (sulfide) groups is 1. The van der Waals surface area contributed by atoms with Crippen LogP contribution in [0.4, 0.5) is 5.13 Å². The molecular formula is C20H22N2OS2. The Kier molecular flexibility index (Phi) is 6.10. The van der Waals surface area contributed by atoms with E-state index in [0.29, 0.717) is 11.6 Å². The first-order valence-corrected chi connectivity index (χ1v) is 10.4. The van der Waals surface area contributed by atoms with Crippen LogP contribution in [0.2, 0.25) is 0 Å². The lowest BCUT2D eigenvalue weighted by Crippen LogP contribution is -2.11. The van der Waals surface area contributed by atoms with Gasteiger partial charge in [0.15, 0.2) is 5.13 Å². The third kappa shape index (κ3) is 4.83. The molecule has 130 valence electrons. The second kappa shape index (κ2) is 8.50. The van der Waals surface area contributed by atoms with E-state index in [4.69, 9.17) is 0 Å². The minimum Gasteiger partial charge on any atom is -0.302 e. The van der Waals surface area contributed by atoms with Gasteiger partial charge in [-0.2, -0.15) is 11.8 Å². The first-order valence-electron chi connectivity index (χ1n) is 8.42. The molecule has 0 fully saturated rings. The summed E-state index contributed by atoms with van der Waals surface area (Å²) < 4.78 is 1.12. The number of anilines is 1. The van der Waals surface area contributed by atoms with Crippen LogP contribution < -0.4 is 5.32 Å². The number of thiazole rings is 1. The summed E-state index contributed by atoms with van der Waals surface area (Å²) in [4.78, 5) is 16.7. The highest BCUT2D eigenvalue weighted by Crippen LogP contribution is 2.29. The van der Waals surface area contributed by atoms with Crippen molar-refractivity contribution in [3.63, 3.8) is 0 Å². The van der Waals surface area contributed by atoms with E-state index in [1.54, 1.807) is 11.3 Å². The number of nitrogens with one attached hydrogen (secondary N) is 1. The first-order chi connectivity index (χ1) is 12.1. The minimum absolute atomic E-state index is 0.0498.